The second-order valence-electron chi connectivity index (χ2n) is 4.54. The molecule has 0 saturated heterocycles. The summed E-state index contributed by atoms with van der Waals surface area (Å²) in [7, 11) is 0. The molecule has 0 aliphatic carbocycles. The van der Waals surface area contributed by atoms with Crippen molar-refractivity contribution < 1.29 is 9.59 Å². The summed E-state index contributed by atoms with van der Waals surface area (Å²) in [5, 5.41) is 2.54. The molecular weight excluding hydrogens is 252 g/mol. The van der Waals surface area contributed by atoms with Crippen molar-refractivity contribution in [3.05, 3.63) is 60.2 Å². The third-order valence-corrected chi connectivity index (χ3v) is 3.03. The highest BCUT2D eigenvalue weighted by Crippen LogP contribution is 2.19. The number of primary amides is 1. The number of carbonyl (C=O) groups is 2. The first-order valence-corrected chi connectivity index (χ1v) is 6.33. The molecule has 0 aliphatic rings. The molecule has 0 bridgehead atoms. The third kappa shape index (κ3) is 3.23. The Kier molecular flexibility index (Phi) is 4.15. The average molecular weight is 268 g/mol. The Morgan fingerprint density at radius 2 is 1.50 bits per heavy atom. The van der Waals surface area contributed by atoms with Crippen molar-refractivity contribution in [2.75, 3.05) is 0 Å². The van der Waals surface area contributed by atoms with Crippen molar-refractivity contribution in [1.29, 1.82) is 0 Å². The van der Waals surface area contributed by atoms with Gasteiger partial charge in [-0.15, -0.1) is 0 Å². The van der Waals surface area contributed by atoms with Gasteiger partial charge in [0.1, 0.15) is 6.04 Å². The molecule has 4 heteroatoms. The first kappa shape index (κ1) is 13.8. The minimum atomic E-state index is -0.684. The van der Waals surface area contributed by atoms with Crippen molar-refractivity contribution in [3.8, 4) is 11.1 Å². The topological polar surface area (TPSA) is 72.2 Å². The molecular formula is C16H16N2O2. The molecule has 2 amide bonds. The van der Waals surface area contributed by atoms with Crippen LogP contribution in [0.25, 0.3) is 11.1 Å². The number of rotatable bonds is 4. The van der Waals surface area contributed by atoms with Crippen LogP contribution in [-0.2, 0) is 4.79 Å². The molecule has 0 radical (unpaired) electrons. The summed E-state index contributed by atoms with van der Waals surface area (Å²) in [6, 6.07) is 16.4. The second kappa shape index (κ2) is 6.02. The highest BCUT2D eigenvalue weighted by Gasteiger charge is 2.13. The van der Waals surface area contributed by atoms with Crippen LogP contribution >= 0.6 is 0 Å². The summed E-state index contributed by atoms with van der Waals surface area (Å²) in [5.74, 6) is -0.866. The van der Waals surface area contributed by atoms with Gasteiger partial charge in [0.05, 0.1) is 0 Å². The summed E-state index contributed by atoms with van der Waals surface area (Å²) < 4.78 is 0. The van der Waals surface area contributed by atoms with Gasteiger partial charge in [-0.05, 0) is 30.2 Å². The van der Waals surface area contributed by atoms with Gasteiger partial charge >= 0.3 is 0 Å². The Hall–Kier alpha value is -2.62. The van der Waals surface area contributed by atoms with Crippen LogP contribution in [0.2, 0.25) is 0 Å². The van der Waals surface area contributed by atoms with E-state index in [2.05, 4.69) is 5.32 Å². The average Bonchev–Trinajstić information content (AvgIpc) is 2.48. The van der Waals surface area contributed by atoms with E-state index in [0.29, 0.717) is 5.56 Å². The van der Waals surface area contributed by atoms with Crippen molar-refractivity contribution in [1.82, 2.24) is 5.32 Å². The van der Waals surface area contributed by atoms with Gasteiger partial charge in [-0.1, -0.05) is 42.5 Å². The lowest BCUT2D eigenvalue weighted by Crippen LogP contribution is -2.42. The molecule has 0 aliphatic heterocycles. The van der Waals surface area contributed by atoms with Crippen LogP contribution in [-0.4, -0.2) is 17.9 Å². The van der Waals surface area contributed by atoms with Gasteiger partial charge in [0.2, 0.25) is 5.91 Å². The lowest BCUT2D eigenvalue weighted by Gasteiger charge is -2.10. The second-order valence-corrected chi connectivity index (χ2v) is 4.54. The molecule has 0 fully saturated rings. The number of nitrogens with one attached hydrogen (secondary N) is 1. The van der Waals surface area contributed by atoms with Crippen LogP contribution in [0.5, 0.6) is 0 Å². The Labute approximate surface area is 117 Å². The predicted octanol–water partition coefficient (Wildman–Crippen LogP) is 1.96. The van der Waals surface area contributed by atoms with E-state index in [-0.39, 0.29) is 5.91 Å². The molecule has 0 unspecified atom stereocenters. The van der Waals surface area contributed by atoms with E-state index in [4.69, 9.17) is 5.73 Å². The van der Waals surface area contributed by atoms with E-state index in [9.17, 15) is 9.59 Å². The molecule has 3 N–H and O–H groups in total. The fourth-order valence-electron chi connectivity index (χ4n) is 1.80. The van der Waals surface area contributed by atoms with Crippen molar-refractivity contribution in [2.45, 2.75) is 13.0 Å². The van der Waals surface area contributed by atoms with E-state index >= 15 is 0 Å². The van der Waals surface area contributed by atoms with Gasteiger partial charge in [-0.3, -0.25) is 9.59 Å². The normalized spacial score (nSPS) is 11.7. The lowest BCUT2D eigenvalue weighted by molar-refractivity contribution is -0.119. The summed E-state index contributed by atoms with van der Waals surface area (Å²) in [4.78, 5) is 22.8. The molecule has 4 nitrogen and oxygen atoms in total. The fraction of sp³-hybridized carbons (Fsp3) is 0.125. The highest BCUT2D eigenvalue weighted by atomic mass is 16.2. The SMILES string of the molecule is C[C@H](NC(=O)c1ccc(-c2ccccc2)cc1)C(N)=O. The highest BCUT2D eigenvalue weighted by molar-refractivity contribution is 5.97. The number of carbonyl (C=O) groups excluding carboxylic acids is 2. The molecule has 102 valence electrons. The molecule has 0 aromatic heterocycles. The summed E-state index contributed by atoms with van der Waals surface area (Å²) in [6.45, 7) is 1.55. The van der Waals surface area contributed by atoms with Gasteiger partial charge in [-0.2, -0.15) is 0 Å². The fourth-order valence-corrected chi connectivity index (χ4v) is 1.80. The van der Waals surface area contributed by atoms with Gasteiger partial charge in [0, 0.05) is 5.56 Å². The molecule has 2 aromatic rings. The standard InChI is InChI=1S/C16H16N2O2/c1-11(15(17)19)18-16(20)14-9-7-13(8-10-14)12-5-3-2-4-6-12/h2-11H,1H3,(H2,17,19)(H,18,20)/t11-/m0/s1. The maximum Gasteiger partial charge on any atom is 0.251 e. The van der Waals surface area contributed by atoms with Crippen LogP contribution < -0.4 is 11.1 Å². The van der Waals surface area contributed by atoms with E-state index in [1.54, 1.807) is 19.1 Å². The third-order valence-electron chi connectivity index (χ3n) is 3.03. The Morgan fingerprint density at radius 3 is 2.05 bits per heavy atom. The predicted molar refractivity (Wildman–Crippen MR) is 78.0 cm³/mol. The van der Waals surface area contributed by atoms with Crippen LogP contribution in [0.15, 0.2) is 54.6 Å². The molecule has 1 atom stereocenters. The van der Waals surface area contributed by atoms with Crippen LogP contribution in [0.3, 0.4) is 0 Å². The minimum Gasteiger partial charge on any atom is -0.368 e. The van der Waals surface area contributed by atoms with Gasteiger partial charge in [0.25, 0.3) is 5.91 Å². The zero-order valence-electron chi connectivity index (χ0n) is 11.2. The number of nitrogens with two attached hydrogens (primary N) is 1. The molecule has 2 aromatic carbocycles. The van der Waals surface area contributed by atoms with E-state index in [1.165, 1.54) is 0 Å². The van der Waals surface area contributed by atoms with Crippen LogP contribution in [0.1, 0.15) is 17.3 Å². The van der Waals surface area contributed by atoms with Crippen LogP contribution in [0.4, 0.5) is 0 Å². The zero-order valence-corrected chi connectivity index (χ0v) is 11.2. The van der Waals surface area contributed by atoms with Gasteiger partial charge in [0.15, 0.2) is 0 Å². The maximum absolute atomic E-state index is 11.9. The molecule has 0 heterocycles. The van der Waals surface area contributed by atoms with E-state index in [1.807, 2.05) is 42.5 Å². The number of hydrogen-bond acceptors (Lipinski definition) is 2. The zero-order chi connectivity index (χ0) is 14.5. The van der Waals surface area contributed by atoms with Crippen molar-refractivity contribution >= 4 is 11.8 Å². The minimum absolute atomic E-state index is 0.309. The number of benzene rings is 2. The molecule has 0 spiro atoms. The quantitative estimate of drug-likeness (QED) is 0.889. The lowest BCUT2D eigenvalue weighted by atomic mass is 10.0. The van der Waals surface area contributed by atoms with Crippen molar-refractivity contribution in [3.63, 3.8) is 0 Å². The maximum atomic E-state index is 11.9. The number of amides is 2. The summed E-state index contributed by atoms with van der Waals surface area (Å²) in [5.41, 5.74) is 7.73. The Balaban J connectivity index is 2.12. The Bertz CT molecular complexity index is 606. The molecule has 20 heavy (non-hydrogen) atoms. The Morgan fingerprint density at radius 1 is 0.950 bits per heavy atom. The monoisotopic (exact) mass is 268 g/mol. The largest absolute Gasteiger partial charge is 0.368 e. The first-order valence-electron chi connectivity index (χ1n) is 6.33. The van der Waals surface area contributed by atoms with E-state index in [0.717, 1.165) is 11.1 Å². The number of hydrogen-bond donors (Lipinski definition) is 2. The smallest absolute Gasteiger partial charge is 0.251 e. The van der Waals surface area contributed by atoms with Crippen LogP contribution in [0, 0.1) is 0 Å². The van der Waals surface area contributed by atoms with Gasteiger partial charge in [-0.25, -0.2) is 0 Å². The summed E-state index contributed by atoms with van der Waals surface area (Å²) in [6.07, 6.45) is 0. The molecule has 2 rings (SSSR count). The van der Waals surface area contributed by atoms with E-state index < -0.39 is 11.9 Å². The summed E-state index contributed by atoms with van der Waals surface area (Å²) >= 11 is 0. The van der Waals surface area contributed by atoms with Crippen molar-refractivity contribution in [2.24, 2.45) is 5.73 Å². The first-order chi connectivity index (χ1) is 9.58. The van der Waals surface area contributed by atoms with Gasteiger partial charge < -0.3 is 11.1 Å². The molecule has 0 saturated carbocycles.